The van der Waals surface area contributed by atoms with Gasteiger partial charge in [-0.15, -0.1) is 0 Å². The Kier molecular flexibility index (Phi) is 3.16. The average Bonchev–Trinajstić information content (AvgIpc) is 2.82. The molecule has 0 aliphatic carbocycles. The number of halogens is 2. The van der Waals surface area contributed by atoms with Crippen molar-refractivity contribution in [1.82, 2.24) is 5.16 Å². The molecule has 0 saturated heterocycles. The summed E-state index contributed by atoms with van der Waals surface area (Å²) in [7, 11) is 0. The first-order valence-corrected chi connectivity index (χ1v) is 6.30. The van der Waals surface area contributed by atoms with Crippen molar-refractivity contribution in [3.63, 3.8) is 0 Å². The number of benzene rings is 2. The van der Waals surface area contributed by atoms with Gasteiger partial charge in [0.25, 0.3) is 0 Å². The second-order valence-corrected chi connectivity index (χ2v) is 4.70. The Labute approximate surface area is 119 Å². The van der Waals surface area contributed by atoms with Gasteiger partial charge in [-0.25, -0.2) is 4.39 Å². The van der Waals surface area contributed by atoms with E-state index in [1.165, 1.54) is 6.07 Å². The van der Waals surface area contributed by atoms with Crippen LogP contribution >= 0.6 is 11.6 Å². The normalized spacial score (nSPS) is 10.7. The Morgan fingerprint density at radius 2 is 1.75 bits per heavy atom. The average molecular weight is 289 g/mol. The summed E-state index contributed by atoms with van der Waals surface area (Å²) >= 11 is 5.86. The van der Waals surface area contributed by atoms with Crippen LogP contribution in [-0.4, -0.2) is 5.16 Å². The monoisotopic (exact) mass is 288 g/mol. The fraction of sp³-hybridized carbons (Fsp3) is 0. The summed E-state index contributed by atoms with van der Waals surface area (Å²) in [6, 6.07) is 13.3. The van der Waals surface area contributed by atoms with E-state index in [1.54, 1.807) is 42.5 Å². The molecule has 20 heavy (non-hydrogen) atoms. The van der Waals surface area contributed by atoms with Gasteiger partial charge in [0, 0.05) is 16.1 Å². The van der Waals surface area contributed by atoms with E-state index in [1.807, 2.05) is 0 Å². The lowest BCUT2D eigenvalue weighted by atomic mass is 10.0. The molecule has 0 radical (unpaired) electrons. The van der Waals surface area contributed by atoms with Crippen LogP contribution in [-0.2, 0) is 0 Å². The first-order valence-electron chi connectivity index (χ1n) is 5.93. The van der Waals surface area contributed by atoms with E-state index in [9.17, 15) is 4.39 Å². The molecular weight excluding hydrogens is 279 g/mol. The Morgan fingerprint density at radius 1 is 1.05 bits per heavy atom. The zero-order valence-corrected chi connectivity index (χ0v) is 11.1. The maximum absolute atomic E-state index is 13.9. The van der Waals surface area contributed by atoms with Crippen LogP contribution in [0.15, 0.2) is 53.1 Å². The number of rotatable bonds is 2. The molecular formula is C15H10ClFN2O. The van der Waals surface area contributed by atoms with Crippen LogP contribution in [0.2, 0.25) is 5.02 Å². The van der Waals surface area contributed by atoms with E-state index in [4.69, 9.17) is 21.9 Å². The molecule has 2 aromatic carbocycles. The summed E-state index contributed by atoms with van der Waals surface area (Å²) in [4.78, 5) is 0. The van der Waals surface area contributed by atoms with Crippen LogP contribution in [0.25, 0.3) is 22.5 Å². The highest BCUT2D eigenvalue weighted by atomic mass is 35.5. The first kappa shape index (κ1) is 12.7. The fourth-order valence-corrected chi connectivity index (χ4v) is 2.15. The quantitative estimate of drug-likeness (QED) is 0.761. The number of hydrogen-bond donors (Lipinski definition) is 1. The summed E-state index contributed by atoms with van der Waals surface area (Å²) in [6.07, 6.45) is 0. The second kappa shape index (κ2) is 4.98. The maximum atomic E-state index is 13.9. The molecule has 3 nitrogen and oxygen atoms in total. The smallest absolute Gasteiger partial charge is 0.177 e. The second-order valence-electron chi connectivity index (χ2n) is 4.26. The molecule has 100 valence electrons. The van der Waals surface area contributed by atoms with Gasteiger partial charge >= 0.3 is 0 Å². The number of nitrogens with two attached hydrogens (primary N) is 1. The predicted octanol–water partition coefficient (Wildman–Crippen LogP) is 4.38. The Bertz CT molecular complexity index is 753. The molecule has 3 rings (SSSR count). The Hall–Kier alpha value is -2.33. The molecule has 0 saturated carbocycles. The molecule has 0 bridgehead atoms. The van der Waals surface area contributed by atoms with E-state index >= 15 is 0 Å². The van der Waals surface area contributed by atoms with Crippen LogP contribution in [0.4, 0.5) is 10.2 Å². The molecule has 1 heterocycles. The van der Waals surface area contributed by atoms with Crippen LogP contribution in [0.5, 0.6) is 0 Å². The third-order valence-corrected chi connectivity index (χ3v) is 3.22. The van der Waals surface area contributed by atoms with E-state index in [2.05, 4.69) is 5.16 Å². The minimum atomic E-state index is -0.377. The van der Waals surface area contributed by atoms with Gasteiger partial charge in [-0.2, -0.15) is 0 Å². The Morgan fingerprint density at radius 3 is 2.45 bits per heavy atom. The van der Waals surface area contributed by atoms with Crippen molar-refractivity contribution in [3.8, 4) is 22.5 Å². The third-order valence-electron chi connectivity index (χ3n) is 2.97. The number of hydrogen-bond acceptors (Lipinski definition) is 3. The predicted molar refractivity (Wildman–Crippen MR) is 76.8 cm³/mol. The molecule has 0 unspecified atom stereocenters. The van der Waals surface area contributed by atoms with E-state index in [-0.39, 0.29) is 11.6 Å². The largest absolute Gasteiger partial charge is 0.380 e. The highest BCUT2D eigenvalue weighted by Crippen LogP contribution is 2.37. The van der Waals surface area contributed by atoms with Crippen LogP contribution < -0.4 is 5.73 Å². The molecule has 1 aromatic heterocycles. The van der Waals surface area contributed by atoms with Crippen LogP contribution in [0.1, 0.15) is 0 Å². The SMILES string of the molecule is Nc1noc(-c2ccc(Cl)cc2)c1-c1ccccc1F. The van der Waals surface area contributed by atoms with Gasteiger partial charge in [0.2, 0.25) is 0 Å². The summed E-state index contributed by atoms with van der Waals surface area (Å²) in [5, 5.41) is 4.34. The summed E-state index contributed by atoms with van der Waals surface area (Å²) < 4.78 is 19.2. The van der Waals surface area contributed by atoms with Gasteiger partial charge in [-0.1, -0.05) is 35.0 Å². The molecule has 0 spiro atoms. The minimum absolute atomic E-state index is 0.153. The zero-order chi connectivity index (χ0) is 14.1. The van der Waals surface area contributed by atoms with Crippen molar-refractivity contribution in [2.45, 2.75) is 0 Å². The van der Waals surface area contributed by atoms with Crippen molar-refractivity contribution in [2.24, 2.45) is 0 Å². The zero-order valence-electron chi connectivity index (χ0n) is 10.3. The van der Waals surface area contributed by atoms with Gasteiger partial charge in [0.05, 0.1) is 5.56 Å². The molecule has 0 fully saturated rings. The third kappa shape index (κ3) is 2.14. The van der Waals surface area contributed by atoms with E-state index in [0.29, 0.717) is 21.9 Å². The highest BCUT2D eigenvalue weighted by molar-refractivity contribution is 6.30. The number of nitrogen functional groups attached to an aromatic ring is 1. The van der Waals surface area contributed by atoms with Gasteiger partial charge in [0.1, 0.15) is 5.82 Å². The summed E-state index contributed by atoms with van der Waals surface area (Å²) in [5.74, 6) is 0.196. The van der Waals surface area contributed by atoms with E-state index < -0.39 is 0 Å². The topological polar surface area (TPSA) is 52.0 Å². The lowest BCUT2D eigenvalue weighted by molar-refractivity contribution is 0.436. The molecule has 0 amide bonds. The molecule has 2 N–H and O–H groups in total. The van der Waals surface area contributed by atoms with E-state index in [0.717, 1.165) is 5.56 Å². The molecule has 0 aliphatic rings. The number of anilines is 1. The maximum Gasteiger partial charge on any atom is 0.177 e. The number of aromatic nitrogens is 1. The summed E-state index contributed by atoms with van der Waals surface area (Å²) in [6.45, 7) is 0. The lowest BCUT2D eigenvalue weighted by Gasteiger charge is -2.04. The van der Waals surface area contributed by atoms with Crippen molar-refractivity contribution in [2.75, 3.05) is 5.73 Å². The minimum Gasteiger partial charge on any atom is -0.380 e. The van der Waals surface area contributed by atoms with Gasteiger partial charge in [-0.05, 0) is 30.3 Å². The van der Waals surface area contributed by atoms with Crippen LogP contribution in [0, 0.1) is 5.82 Å². The van der Waals surface area contributed by atoms with Gasteiger partial charge < -0.3 is 10.3 Å². The van der Waals surface area contributed by atoms with Gasteiger partial charge in [-0.3, -0.25) is 0 Å². The standard InChI is InChI=1S/C15H10ClFN2O/c16-10-7-5-9(6-8-10)14-13(15(18)19-20-14)11-3-1-2-4-12(11)17/h1-8H,(H2,18,19). The van der Waals surface area contributed by atoms with Crippen molar-refractivity contribution in [3.05, 3.63) is 59.4 Å². The number of nitrogens with zero attached hydrogens (tertiary/aromatic N) is 1. The molecule has 3 aromatic rings. The molecule has 0 atom stereocenters. The molecule has 5 heteroatoms. The Balaban J connectivity index is 2.20. The van der Waals surface area contributed by atoms with Crippen LogP contribution in [0.3, 0.4) is 0 Å². The fourth-order valence-electron chi connectivity index (χ4n) is 2.02. The van der Waals surface area contributed by atoms with Crippen molar-refractivity contribution < 1.29 is 8.91 Å². The van der Waals surface area contributed by atoms with Gasteiger partial charge in [0.15, 0.2) is 11.6 Å². The highest BCUT2D eigenvalue weighted by Gasteiger charge is 2.19. The van der Waals surface area contributed by atoms with Crippen molar-refractivity contribution in [1.29, 1.82) is 0 Å². The van der Waals surface area contributed by atoms with Crippen molar-refractivity contribution >= 4 is 17.4 Å². The first-order chi connectivity index (χ1) is 9.66. The lowest BCUT2D eigenvalue weighted by Crippen LogP contribution is -1.91. The summed E-state index contributed by atoms with van der Waals surface area (Å²) in [5.41, 5.74) is 7.35. The molecule has 0 aliphatic heterocycles.